The van der Waals surface area contributed by atoms with Crippen LogP contribution in [0.2, 0.25) is 0 Å². The van der Waals surface area contributed by atoms with Crippen molar-refractivity contribution in [3.8, 4) is 5.75 Å². The molecule has 2 aromatic heterocycles. The molecule has 7 heteroatoms. The van der Waals surface area contributed by atoms with Gasteiger partial charge in [-0.3, -0.25) is 9.59 Å². The summed E-state index contributed by atoms with van der Waals surface area (Å²) in [5, 5.41) is 12.3. The number of furan rings is 1. The van der Waals surface area contributed by atoms with Crippen molar-refractivity contribution in [1.82, 2.24) is 9.88 Å². The van der Waals surface area contributed by atoms with Gasteiger partial charge in [0.25, 0.3) is 5.91 Å². The molecule has 7 nitrogen and oxygen atoms in total. The summed E-state index contributed by atoms with van der Waals surface area (Å²) in [5.74, 6) is -0.492. The van der Waals surface area contributed by atoms with Crippen LogP contribution in [0, 0.1) is 5.92 Å². The second kappa shape index (κ2) is 6.51. The summed E-state index contributed by atoms with van der Waals surface area (Å²) >= 11 is 0. The van der Waals surface area contributed by atoms with E-state index < -0.39 is 0 Å². The number of pyridine rings is 1. The van der Waals surface area contributed by atoms with E-state index in [1.54, 1.807) is 23.1 Å². The molecular weight excluding hydrogens is 298 g/mol. The average molecular weight is 315 g/mol. The van der Waals surface area contributed by atoms with Gasteiger partial charge in [0, 0.05) is 19.3 Å². The summed E-state index contributed by atoms with van der Waals surface area (Å²) in [6.07, 6.45) is 4.36. The Morgan fingerprint density at radius 3 is 2.96 bits per heavy atom. The van der Waals surface area contributed by atoms with Crippen LogP contribution in [-0.2, 0) is 4.79 Å². The molecule has 120 valence electrons. The molecule has 3 rings (SSSR count). The number of nitrogens with one attached hydrogen (secondary N) is 1. The van der Waals surface area contributed by atoms with E-state index in [2.05, 4.69) is 10.3 Å². The molecule has 3 heterocycles. The molecule has 0 aliphatic carbocycles. The second-order valence-electron chi connectivity index (χ2n) is 5.43. The van der Waals surface area contributed by atoms with Crippen molar-refractivity contribution in [1.29, 1.82) is 0 Å². The van der Waals surface area contributed by atoms with Gasteiger partial charge >= 0.3 is 0 Å². The fourth-order valence-corrected chi connectivity index (χ4v) is 2.64. The van der Waals surface area contributed by atoms with E-state index in [4.69, 9.17) is 4.42 Å². The minimum Gasteiger partial charge on any atom is -0.504 e. The topological polar surface area (TPSA) is 95.7 Å². The van der Waals surface area contributed by atoms with Gasteiger partial charge in [-0.1, -0.05) is 0 Å². The summed E-state index contributed by atoms with van der Waals surface area (Å²) in [4.78, 5) is 30.2. The molecule has 1 atom stereocenters. The summed E-state index contributed by atoms with van der Waals surface area (Å²) in [7, 11) is 0. The van der Waals surface area contributed by atoms with Gasteiger partial charge < -0.3 is 19.7 Å². The second-order valence-corrected chi connectivity index (χ2v) is 5.43. The van der Waals surface area contributed by atoms with E-state index in [9.17, 15) is 14.7 Å². The first-order valence-corrected chi connectivity index (χ1v) is 7.43. The summed E-state index contributed by atoms with van der Waals surface area (Å²) < 4.78 is 5.12. The molecule has 0 radical (unpaired) electrons. The average Bonchev–Trinajstić information content (AvgIpc) is 3.11. The Labute approximate surface area is 132 Å². The summed E-state index contributed by atoms with van der Waals surface area (Å²) in [6.45, 7) is 0.914. The van der Waals surface area contributed by atoms with Crippen LogP contribution in [0.4, 0.5) is 5.82 Å². The zero-order valence-corrected chi connectivity index (χ0v) is 12.4. The monoisotopic (exact) mass is 315 g/mol. The SMILES string of the molecule is O=C(Nc1ncccc1O)[C@H]1CCCN(C(=O)c2ccco2)C1. The third-order valence-corrected chi connectivity index (χ3v) is 3.84. The molecule has 23 heavy (non-hydrogen) atoms. The van der Waals surface area contributed by atoms with E-state index in [-0.39, 0.29) is 35.1 Å². The maximum Gasteiger partial charge on any atom is 0.289 e. The molecule has 0 saturated carbocycles. The molecule has 0 spiro atoms. The van der Waals surface area contributed by atoms with E-state index in [1.165, 1.54) is 18.5 Å². The molecule has 1 fully saturated rings. The van der Waals surface area contributed by atoms with Crippen molar-refractivity contribution >= 4 is 17.6 Å². The molecule has 0 unspecified atom stereocenters. The van der Waals surface area contributed by atoms with E-state index in [0.29, 0.717) is 19.5 Å². The quantitative estimate of drug-likeness (QED) is 0.901. The van der Waals surface area contributed by atoms with Crippen LogP contribution in [0.25, 0.3) is 0 Å². The number of carbonyl (C=O) groups excluding carboxylic acids is 2. The Balaban J connectivity index is 1.65. The highest BCUT2D eigenvalue weighted by Crippen LogP contribution is 2.23. The molecule has 2 aromatic rings. The van der Waals surface area contributed by atoms with Gasteiger partial charge in [-0.25, -0.2) is 4.98 Å². The lowest BCUT2D eigenvalue weighted by Gasteiger charge is -2.31. The Morgan fingerprint density at radius 2 is 2.22 bits per heavy atom. The Hall–Kier alpha value is -2.83. The number of anilines is 1. The standard InChI is InChI=1S/C16H17N3O4/c20-12-5-1-7-17-14(12)18-15(21)11-4-2-8-19(10-11)16(22)13-6-3-9-23-13/h1,3,5-7,9,11,20H,2,4,8,10H2,(H,17,18,21)/t11-/m0/s1. The van der Waals surface area contributed by atoms with Crippen LogP contribution in [0.3, 0.4) is 0 Å². The lowest BCUT2D eigenvalue weighted by molar-refractivity contribution is -0.121. The molecule has 1 aliphatic rings. The first kappa shape index (κ1) is 15.1. The Morgan fingerprint density at radius 1 is 1.35 bits per heavy atom. The van der Waals surface area contributed by atoms with Gasteiger partial charge in [0.15, 0.2) is 17.3 Å². The van der Waals surface area contributed by atoms with Crippen LogP contribution in [-0.4, -0.2) is 39.9 Å². The lowest BCUT2D eigenvalue weighted by atomic mass is 9.97. The van der Waals surface area contributed by atoms with Crippen molar-refractivity contribution < 1.29 is 19.1 Å². The van der Waals surface area contributed by atoms with Crippen molar-refractivity contribution in [2.24, 2.45) is 5.92 Å². The van der Waals surface area contributed by atoms with E-state index in [1.807, 2.05) is 0 Å². The fraction of sp³-hybridized carbons (Fsp3) is 0.312. The number of carbonyl (C=O) groups is 2. The van der Waals surface area contributed by atoms with Crippen LogP contribution in [0.5, 0.6) is 5.75 Å². The number of amides is 2. The highest BCUT2D eigenvalue weighted by molar-refractivity contribution is 5.95. The van der Waals surface area contributed by atoms with Crippen LogP contribution < -0.4 is 5.32 Å². The van der Waals surface area contributed by atoms with Crippen LogP contribution >= 0.6 is 0 Å². The lowest BCUT2D eigenvalue weighted by Crippen LogP contribution is -2.43. The van der Waals surface area contributed by atoms with Gasteiger partial charge in [0.05, 0.1) is 12.2 Å². The zero-order chi connectivity index (χ0) is 16.2. The third kappa shape index (κ3) is 3.33. The molecule has 0 aromatic carbocycles. The van der Waals surface area contributed by atoms with Crippen LogP contribution in [0.15, 0.2) is 41.1 Å². The molecule has 0 bridgehead atoms. The Bertz CT molecular complexity index is 699. The summed E-state index contributed by atoms with van der Waals surface area (Å²) in [6, 6.07) is 6.30. The van der Waals surface area contributed by atoms with Crippen molar-refractivity contribution in [2.75, 3.05) is 18.4 Å². The first-order chi connectivity index (χ1) is 11.1. The van der Waals surface area contributed by atoms with Gasteiger partial charge in [-0.05, 0) is 37.1 Å². The van der Waals surface area contributed by atoms with Gasteiger partial charge in [0.2, 0.25) is 5.91 Å². The minimum atomic E-state index is -0.343. The van der Waals surface area contributed by atoms with E-state index >= 15 is 0 Å². The smallest absolute Gasteiger partial charge is 0.289 e. The van der Waals surface area contributed by atoms with E-state index in [0.717, 1.165) is 6.42 Å². The number of rotatable bonds is 3. The predicted molar refractivity (Wildman–Crippen MR) is 81.9 cm³/mol. The van der Waals surface area contributed by atoms with Gasteiger partial charge in [-0.15, -0.1) is 0 Å². The van der Waals surface area contributed by atoms with Gasteiger partial charge in [-0.2, -0.15) is 0 Å². The number of hydrogen-bond acceptors (Lipinski definition) is 5. The summed E-state index contributed by atoms with van der Waals surface area (Å²) in [5.41, 5.74) is 0. The first-order valence-electron chi connectivity index (χ1n) is 7.43. The normalized spacial score (nSPS) is 17.7. The number of aromatic nitrogens is 1. The number of piperidine rings is 1. The zero-order valence-electron chi connectivity index (χ0n) is 12.4. The number of aromatic hydroxyl groups is 1. The number of nitrogens with zero attached hydrogens (tertiary/aromatic N) is 2. The molecular formula is C16H17N3O4. The van der Waals surface area contributed by atoms with Crippen molar-refractivity contribution in [3.05, 3.63) is 42.5 Å². The van der Waals surface area contributed by atoms with Crippen molar-refractivity contribution in [3.63, 3.8) is 0 Å². The predicted octanol–water partition coefficient (Wildman–Crippen LogP) is 1.87. The third-order valence-electron chi connectivity index (χ3n) is 3.84. The molecule has 1 aliphatic heterocycles. The Kier molecular flexibility index (Phi) is 4.27. The number of hydrogen-bond donors (Lipinski definition) is 2. The van der Waals surface area contributed by atoms with Crippen molar-refractivity contribution in [2.45, 2.75) is 12.8 Å². The van der Waals surface area contributed by atoms with Crippen LogP contribution in [0.1, 0.15) is 23.4 Å². The number of likely N-dealkylation sites (tertiary alicyclic amines) is 1. The minimum absolute atomic E-state index is 0.0832. The molecule has 2 N–H and O–H groups in total. The molecule has 1 saturated heterocycles. The van der Waals surface area contributed by atoms with Gasteiger partial charge in [0.1, 0.15) is 0 Å². The molecule has 2 amide bonds. The highest BCUT2D eigenvalue weighted by Gasteiger charge is 2.30. The maximum absolute atomic E-state index is 12.4. The highest BCUT2D eigenvalue weighted by atomic mass is 16.3. The fourth-order valence-electron chi connectivity index (χ4n) is 2.64. The largest absolute Gasteiger partial charge is 0.504 e. The maximum atomic E-state index is 12.4.